The maximum atomic E-state index is 12.9. The summed E-state index contributed by atoms with van der Waals surface area (Å²) in [6, 6.07) is 7.10. The van der Waals surface area contributed by atoms with Gasteiger partial charge in [-0.2, -0.15) is 4.31 Å². The summed E-state index contributed by atoms with van der Waals surface area (Å²) in [7, 11) is -3.46. The van der Waals surface area contributed by atoms with E-state index in [4.69, 9.17) is 0 Å². The lowest BCUT2D eigenvalue weighted by molar-refractivity contribution is -0.917. The van der Waals surface area contributed by atoms with Crippen molar-refractivity contribution in [3.05, 3.63) is 29.8 Å². The lowest BCUT2D eigenvalue weighted by Crippen LogP contribution is -3.19. The van der Waals surface area contributed by atoms with Gasteiger partial charge in [0.2, 0.25) is 10.0 Å². The molecule has 0 unspecified atom stereocenters. The number of piperazine rings is 1. The third-order valence-electron chi connectivity index (χ3n) is 7.06. The zero-order chi connectivity index (χ0) is 21.2. The molecular formula is C22H36N3O3S+. The van der Waals surface area contributed by atoms with Crippen molar-refractivity contribution in [2.24, 2.45) is 11.8 Å². The number of aryl methyl sites for hydroxylation is 1. The van der Waals surface area contributed by atoms with Gasteiger partial charge < -0.3 is 10.2 Å². The zero-order valence-corrected chi connectivity index (χ0v) is 19.0. The monoisotopic (exact) mass is 422 g/mol. The van der Waals surface area contributed by atoms with E-state index in [9.17, 15) is 13.2 Å². The quantitative estimate of drug-likeness (QED) is 0.749. The molecule has 0 aromatic heterocycles. The maximum absolute atomic E-state index is 12.9. The molecule has 1 saturated carbocycles. The Morgan fingerprint density at radius 1 is 1.14 bits per heavy atom. The van der Waals surface area contributed by atoms with Gasteiger partial charge in [0.25, 0.3) is 5.91 Å². The Balaban J connectivity index is 1.55. The predicted molar refractivity (Wildman–Crippen MR) is 114 cm³/mol. The highest BCUT2D eigenvalue weighted by molar-refractivity contribution is 7.89. The Bertz CT molecular complexity index is 801. The van der Waals surface area contributed by atoms with E-state index >= 15 is 0 Å². The van der Waals surface area contributed by atoms with Crippen LogP contribution in [0, 0.1) is 18.8 Å². The second kappa shape index (κ2) is 9.14. The van der Waals surface area contributed by atoms with E-state index in [1.54, 1.807) is 16.4 Å². The average molecular weight is 423 g/mol. The van der Waals surface area contributed by atoms with Crippen LogP contribution in [0.2, 0.25) is 0 Å². The molecule has 7 heteroatoms. The van der Waals surface area contributed by atoms with Crippen molar-refractivity contribution in [1.29, 1.82) is 0 Å². The number of amides is 1. The lowest BCUT2D eigenvalue weighted by atomic mass is 9.78. The Hall–Kier alpha value is -1.44. The standard InChI is InChI=1S/C22H35N3O3S/c1-16-8-10-20(11-9-16)29(27,28)25-14-12-24(13-15-25)19(4)22(26)23-21-7-5-6-17(2)18(21)3/h8-11,17-19,21H,5-7,12-15H2,1-4H3,(H,23,26)/p+1/t17-,18-,19+,21+/m0/s1. The van der Waals surface area contributed by atoms with Crippen molar-refractivity contribution < 1.29 is 18.1 Å². The molecule has 0 radical (unpaired) electrons. The van der Waals surface area contributed by atoms with Crippen LogP contribution in [-0.2, 0) is 14.8 Å². The van der Waals surface area contributed by atoms with Crippen LogP contribution in [0.25, 0.3) is 0 Å². The molecule has 0 spiro atoms. The first-order valence-corrected chi connectivity index (χ1v) is 12.4. The minimum Gasteiger partial charge on any atom is -0.348 e. The van der Waals surface area contributed by atoms with Crippen LogP contribution in [0.15, 0.2) is 29.2 Å². The number of carbonyl (C=O) groups is 1. The van der Waals surface area contributed by atoms with Gasteiger partial charge in [0.1, 0.15) is 0 Å². The summed E-state index contributed by atoms with van der Waals surface area (Å²) < 4.78 is 27.3. The summed E-state index contributed by atoms with van der Waals surface area (Å²) in [5.74, 6) is 1.25. The second-order valence-corrected chi connectivity index (χ2v) is 10.9. The lowest BCUT2D eigenvalue weighted by Gasteiger charge is -2.37. The van der Waals surface area contributed by atoms with Crippen molar-refractivity contribution in [2.45, 2.75) is 63.9 Å². The molecule has 29 heavy (non-hydrogen) atoms. The van der Waals surface area contributed by atoms with Crippen LogP contribution >= 0.6 is 0 Å². The fraction of sp³-hybridized carbons (Fsp3) is 0.682. The molecule has 3 rings (SSSR count). The van der Waals surface area contributed by atoms with Gasteiger partial charge in [0.05, 0.1) is 31.1 Å². The van der Waals surface area contributed by atoms with E-state index in [2.05, 4.69) is 19.2 Å². The van der Waals surface area contributed by atoms with Crippen LogP contribution in [0.5, 0.6) is 0 Å². The zero-order valence-electron chi connectivity index (χ0n) is 18.1. The maximum Gasteiger partial charge on any atom is 0.278 e. The normalized spacial score (nSPS) is 28.1. The molecular weight excluding hydrogens is 386 g/mol. The summed E-state index contributed by atoms with van der Waals surface area (Å²) in [6.45, 7) is 10.6. The average Bonchev–Trinajstić information content (AvgIpc) is 2.71. The van der Waals surface area contributed by atoms with Crippen molar-refractivity contribution in [3.63, 3.8) is 0 Å². The van der Waals surface area contributed by atoms with E-state index in [0.717, 1.165) is 16.9 Å². The third-order valence-corrected chi connectivity index (χ3v) is 8.98. The second-order valence-electron chi connectivity index (χ2n) is 8.98. The molecule has 1 aromatic rings. The molecule has 162 valence electrons. The minimum atomic E-state index is -3.46. The molecule has 1 aromatic carbocycles. The Kier molecular flexibility index (Phi) is 7.02. The third kappa shape index (κ3) is 5.01. The van der Waals surface area contributed by atoms with E-state index in [-0.39, 0.29) is 18.0 Å². The number of nitrogens with one attached hydrogen (secondary N) is 2. The van der Waals surface area contributed by atoms with Crippen molar-refractivity contribution in [2.75, 3.05) is 26.2 Å². The van der Waals surface area contributed by atoms with Gasteiger partial charge in [-0.3, -0.25) is 4.79 Å². The van der Waals surface area contributed by atoms with Crippen LogP contribution in [-0.4, -0.2) is 56.9 Å². The highest BCUT2D eigenvalue weighted by atomic mass is 32.2. The molecule has 1 heterocycles. The van der Waals surface area contributed by atoms with E-state index < -0.39 is 10.0 Å². The van der Waals surface area contributed by atoms with E-state index in [0.29, 0.717) is 42.9 Å². The van der Waals surface area contributed by atoms with Crippen LogP contribution in [0.4, 0.5) is 0 Å². The fourth-order valence-electron chi connectivity index (χ4n) is 4.58. The summed E-state index contributed by atoms with van der Waals surface area (Å²) in [5, 5.41) is 3.28. The van der Waals surface area contributed by atoms with E-state index in [1.165, 1.54) is 12.8 Å². The summed E-state index contributed by atoms with van der Waals surface area (Å²) >= 11 is 0. The molecule has 1 aliphatic heterocycles. The first-order valence-electron chi connectivity index (χ1n) is 10.9. The molecule has 4 atom stereocenters. The number of sulfonamides is 1. The summed E-state index contributed by atoms with van der Waals surface area (Å²) in [6.07, 6.45) is 3.47. The predicted octanol–water partition coefficient (Wildman–Crippen LogP) is 1.21. The summed E-state index contributed by atoms with van der Waals surface area (Å²) in [4.78, 5) is 14.3. The number of benzene rings is 1. The Morgan fingerprint density at radius 2 is 1.76 bits per heavy atom. The molecule has 6 nitrogen and oxygen atoms in total. The Morgan fingerprint density at radius 3 is 2.38 bits per heavy atom. The number of carbonyl (C=O) groups excluding carboxylic acids is 1. The first-order chi connectivity index (χ1) is 13.7. The van der Waals surface area contributed by atoms with Gasteiger partial charge >= 0.3 is 0 Å². The molecule has 2 fully saturated rings. The highest BCUT2D eigenvalue weighted by Crippen LogP contribution is 2.29. The van der Waals surface area contributed by atoms with Crippen LogP contribution in [0.3, 0.4) is 0 Å². The van der Waals surface area contributed by atoms with Gasteiger partial charge in [-0.25, -0.2) is 8.42 Å². The van der Waals surface area contributed by atoms with Crippen molar-refractivity contribution >= 4 is 15.9 Å². The Labute approximate surface area is 175 Å². The van der Waals surface area contributed by atoms with Gasteiger partial charge in [0, 0.05) is 6.04 Å². The fourth-order valence-corrected chi connectivity index (χ4v) is 6.03. The first kappa shape index (κ1) is 22.2. The minimum absolute atomic E-state index is 0.0980. The largest absolute Gasteiger partial charge is 0.348 e. The highest BCUT2D eigenvalue weighted by Gasteiger charge is 2.36. The topological polar surface area (TPSA) is 70.9 Å². The number of quaternary nitrogens is 1. The van der Waals surface area contributed by atoms with Gasteiger partial charge in [-0.1, -0.05) is 44.4 Å². The van der Waals surface area contributed by atoms with Crippen molar-refractivity contribution in [3.8, 4) is 0 Å². The molecule has 2 N–H and O–H groups in total. The van der Waals surface area contributed by atoms with Gasteiger partial charge in [0.15, 0.2) is 6.04 Å². The molecule has 1 aliphatic carbocycles. The molecule has 1 saturated heterocycles. The number of nitrogens with zero attached hydrogens (tertiary/aromatic N) is 1. The number of hydrogen-bond acceptors (Lipinski definition) is 3. The van der Waals surface area contributed by atoms with Gasteiger partial charge in [-0.05, 0) is 44.2 Å². The number of rotatable bonds is 5. The summed E-state index contributed by atoms with van der Waals surface area (Å²) in [5.41, 5.74) is 1.04. The van der Waals surface area contributed by atoms with Gasteiger partial charge in [-0.15, -0.1) is 0 Å². The van der Waals surface area contributed by atoms with Crippen LogP contribution < -0.4 is 10.2 Å². The molecule has 0 bridgehead atoms. The van der Waals surface area contributed by atoms with Crippen LogP contribution in [0.1, 0.15) is 45.6 Å². The molecule has 1 amide bonds. The molecule has 2 aliphatic rings. The van der Waals surface area contributed by atoms with E-state index in [1.807, 2.05) is 26.0 Å². The van der Waals surface area contributed by atoms with Crippen molar-refractivity contribution in [1.82, 2.24) is 9.62 Å². The SMILES string of the molecule is Cc1ccc(S(=O)(=O)N2CC[NH+]([C@H](C)C(=O)N[C@@H]3CCC[C@H](C)[C@@H]3C)CC2)cc1. The number of hydrogen-bond donors (Lipinski definition) is 2. The smallest absolute Gasteiger partial charge is 0.278 e.